The topological polar surface area (TPSA) is 81.6 Å². The highest BCUT2D eigenvalue weighted by Gasteiger charge is 2.28. The van der Waals surface area contributed by atoms with Gasteiger partial charge in [-0.15, -0.1) is 0 Å². The number of aliphatic hydroxyl groups excluding tert-OH is 1. The highest BCUT2D eigenvalue weighted by Crippen LogP contribution is 2.28. The van der Waals surface area contributed by atoms with E-state index in [0.29, 0.717) is 24.7 Å². The van der Waals surface area contributed by atoms with Gasteiger partial charge >= 0.3 is 5.69 Å². The molecule has 0 bridgehead atoms. The van der Waals surface area contributed by atoms with Gasteiger partial charge in [0.1, 0.15) is 11.5 Å². The Morgan fingerprint density at radius 2 is 2.06 bits per heavy atom. The van der Waals surface area contributed by atoms with Gasteiger partial charge in [0.2, 0.25) is 0 Å². The molecule has 88 valence electrons. The summed E-state index contributed by atoms with van der Waals surface area (Å²) >= 11 is 0. The standard InChI is InChI=1S/C9H14N4O3/c1-11-5-13(3-4-14)6-7(15)10-9(16)12(2)8(6)11/h14H,3-5H2,1-2H3,(H,10,15,16). The van der Waals surface area contributed by atoms with Crippen molar-refractivity contribution in [3.8, 4) is 0 Å². The molecule has 2 heterocycles. The molecule has 1 aromatic heterocycles. The lowest BCUT2D eigenvalue weighted by molar-refractivity contribution is 0.302. The first-order valence-corrected chi connectivity index (χ1v) is 4.96. The van der Waals surface area contributed by atoms with Crippen molar-refractivity contribution in [3.63, 3.8) is 0 Å². The van der Waals surface area contributed by atoms with E-state index < -0.39 is 11.2 Å². The SMILES string of the molecule is CN1CN(CCO)c2c1n(C)c(=O)[nH]c2=O. The predicted octanol–water partition coefficient (Wildman–Crippen LogP) is -1.72. The van der Waals surface area contributed by atoms with Crippen LogP contribution in [0.1, 0.15) is 0 Å². The van der Waals surface area contributed by atoms with Gasteiger partial charge < -0.3 is 14.9 Å². The molecule has 2 rings (SSSR count). The maximum absolute atomic E-state index is 11.7. The number of nitrogens with one attached hydrogen (secondary N) is 1. The van der Waals surface area contributed by atoms with Crippen LogP contribution in [0.25, 0.3) is 0 Å². The minimum absolute atomic E-state index is 0.0322. The van der Waals surface area contributed by atoms with E-state index in [1.807, 2.05) is 4.90 Å². The lowest BCUT2D eigenvalue weighted by Gasteiger charge is -2.16. The summed E-state index contributed by atoms with van der Waals surface area (Å²) in [5.41, 5.74) is -0.393. The van der Waals surface area contributed by atoms with E-state index in [4.69, 9.17) is 5.11 Å². The molecule has 0 unspecified atom stereocenters. The normalized spacial score (nSPS) is 14.4. The van der Waals surface area contributed by atoms with Gasteiger partial charge in [0.05, 0.1) is 13.3 Å². The zero-order valence-corrected chi connectivity index (χ0v) is 9.23. The van der Waals surface area contributed by atoms with Crippen molar-refractivity contribution >= 4 is 11.5 Å². The number of aliphatic hydroxyl groups is 1. The van der Waals surface area contributed by atoms with Crippen molar-refractivity contribution in [1.82, 2.24) is 9.55 Å². The molecule has 2 N–H and O–H groups in total. The fraction of sp³-hybridized carbons (Fsp3) is 0.556. The summed E-state index contributed by atoms with van der Waals surface area (Å²) in [5.74, 6) is 0.585. The van der Waals surface area contributed by atoms with Gasteiger partial charge in [-0.25, -0.2) is 4.79 Å². The maximum atomic E-state index is 11.7. The molecule has 0 radical (unpaired) electrons. The lowest BCUT2D eigenvalue weighted by Crippen LogP contribution is -2.33. The van der Waals surface area contributed by atoms with E-state index >= 15 is 0 Å². The predicted molar refractivity (Wildman–Crippen MR) is 60.0 cm³/mol. The van der Waals surface area contributed by atoms with Gasteiger partial charge in [-0.1, -0.05) is 0 Å². The Hall–Kier alpha value is -1.76. The summed E-state index contributed by atoms with van der Waals surface area (Å²) < 4.78 is 1.40. The average Bonchev–Trinajstić information content (AvgIpc) is 2.53. The van der Waals surface area contributed by atoms with E-state index in [2.05, 4.69) is 4.98 Å². The average molecular weight is 226 g/mol. The number of fused-ring (bicyclic) bond motifs is 1. The number of H-pyrrole nitrogens is 1. The molecule has 16 heavy (non-hydrogen) atoms. The van der Waals surface area contributed by atoms with Crippen LogP contribution in [-0.2, 0) is 7.05 Å². The second kappa shape index (κ2) is 3.67. The molecule has 0 spiro atoms. The lowest BCUT2D eigenvalue weighted by atomic mass is 10.4. The van der Waals surface area contributed by atoms with Crippen LogP contribution in [0.4, 0.5) is 11.5 Å². The number of aromatic nitrogens is 2. The molecule has 7 nitrogen and oxygen atoms in total. The molecule has 0 saturated carbocycles. The van der Waals surface area contributed by atoms with Crippen LogP contribution in [0.3, 0.4) is 0 Å². The Morgan fingerprint density at radius 3 is 2.69 bits per heavy atom. The molecule has 1 aromatic rings. The van der Waals surface area contributed by atoms with E-state index in [-0.39, 0.29) is 6.61 Å². The number of nitrogens with zero attached hydrogens (tertiary/aromatic N) is 3. The van der Waals surface area contributed by atoms with Gasteiger partial charge in [0, 0.05) is 20.6 Å². The fourth-order valence-corrected chi connectivity index (χ4v) is 2.02. The van der Waals surface area contributed by atoms with Crippen molar-refractivity contribution in [1.29, 1.82) is 0 Å². The van der Waals surface area contributed by atoms with Crippen LogP contribution in [0, 0.1) is 0 Å². The summed E-state index contributed by atoms with van der Waals surface area (Å²) in [6, 6.07) is 0. The van der Waals surface area contributed by atoms with Crippen LogP contribution in [0.15, 0.2) is 9.59 Å². The molecule has 1 aliphatic heterocycles. The first-order valence-electron chi connectivity index (χ1n) is 4.96. The molecule has 1 aliphatic rings. The molecule has 0 aliphatic carbocycles. The Bertz CT molecular complexity index is 518. The second-order valence-electron chi connectivity index (χ2n) is 3.82. The van der Waals surface area contributed by atoms with Gasteiger partial charge in [-0.05, 0) is 0 Å². The number of rotatable bonds is 2. The molecule has 0 amide bonds. The molecule has 0 saturated heterocycles. The summed E-state index contributed by atoms with van der Waals surface area (Å²) in [6.45, 7) is 0.838. The van der Waals surface area contributed by atoms with E-state index in [1.54, 1.807) is 19.0 Å². The Kier molecular flexibility index (Phi) is 2.47. The van der Waals surface area contributed by atoms with Crippen molar-refractivity contribution in [2.75, 3.05) is 36.7 Å². The summed E-state index contributed by atoms with van der Waals surface area (Å²) in [7, 11) is 3.41. The summed E-state index contributed by atoms with van der Waals surface area (Å²) in [4.78, 5) is 28.9. The van der Waals surface area contributed by atoms with Gasteiger partial charge in [-0.3, -0.25) is 14.3 Å². The smallest absolute Gasteiger partial charge is 0.329 e. The second-order valence-corrected chi connectivity index (χ2v) is 3.82. The first-order chi connectivity index (χ1) is 7.56. The zero-order valence-electron chi connectivity index (χ0n) is 9.23. The van der Waals surface area contributed by atoms with Crippen LogP contribution in [-0.4, -0.2) is 41.5 Å². The van der Waals surface area contributed by atoms with E-state index in [0.717, 1.165) is 0 Å². The molecule has 0 fully saturated rings. The van der Waals surface area contributed by atoms with E-state index in [9.17, 15) is 9.59 Å². The molecule has 0 atom stereocenters. The molecule has 0 aromatic carbocycles. The van der Waals surface area contributed by atoms with Crippen molar-refractivity contribution in [2.45, 2.75) is 0 Å². The quantitative estimate of drug-likeness (QED) is 0.627. The van der Waals surface area contributed by atoms with Crippen LogP contribution >= 0.6 is 0 Å². The number of anilines is 2. The number of β-amino-alcohol motifs (C(OH)–C–C–N with tert-alkyl or cyclic N) is 1. The number of hydrogen-bond donors (Lipinski definition) is 2. The van der Waals surface area contributed by atoms with Crippen molar-refractivity contribution < 1.29 is 5.11 Å². The highest BCUT2D eigenvalue weighted by molar-refractivity contribution is 5.71. The van der Waals surface area contributed by atoms with Crippen molar-refractivity contribution in [2.24, 2.45) is 7.05 Å². The maximum Gasteiger partial charge on any atom is 0.329 e. The Morgan fingerprint density at radius 1 is 1.38 bits per heavy atom. The van der Waals surface area contributed by atoms with Crippen LogP contribution in [0.5, 0.6) is 0 Å². The third-order valence-electron chi connectivity index (χ3n) is 2.70. The Labute approximate surface area is 91.5 Å². The van der Waals surface area contributed by atoms with Gasteiger partial charge in [0.15, 0.2) is 0 Å². The van der Waals surface area contributed by atoms with Gasteiger partial charge in [-0.2, -0.15) is 0 Å². The fourth-order valence-electron chi connectivity index (χ4n) is 2.02. The summed E-state index contributed by atoms with van der Waals surface area (Å²) in [5, 5.41) is 8.91. The molecule has 7 heteroatoms. The highest BCUT2D eigenvalue weighted by atomic mass is 16.3. The largest absolute Gasteiger partial charge is 0.395 e. The monoisotopic (exact) mass is 226 g/mol. The summed E-state index contributed by atoms with van der Waals surface area (Å²) in [6.07, 6.45) is 0. The minimum atomic E-state index is -0.429. The first kappa shape index (κ1) is 10.7. The van der Waals surface area contributed by atoms with Crippen LogP contribution in [0.2, 0.25) is 0 Å². The van der Waals surface area contributed by atoms with Crippen molar-refractivity contribution in [3.05, 3.63) is 20.8 Å². The zero-order chi connectivity index (χ0) is 11.9. The third-order valence-corrected chi connectivity index (χ3v) is 2.70. The molecular weight excluding hydrogens is 212 g/mol. The third kappa shape index (κ3) is 1.40. The minimum Gasteiger partial charge on any atom is -0.395 e. The molecular formula is C9H14N4O3. The Balaban J connectivity index is 2.65. The number of hydrogen-bond acceptors (Lipinski definition) is 5. The number of aromatic amines is 1. The van der Waals surface area contributed by atoms with Crippen LogP contribution < -0.4 is 21.0 Å². The van der Waals surface area contributed by atoms with Gasteiger partial charge in [0.25, 0.3) is 5.56 Å². The van der Waals surface area contributed by atoms with E-state index in [1.165, 1.54) is 4.57 Å².